The van der Waals surface area contributed by atoms with Crippen LogP contribution >= 0.6 is 0 Å². The fourth-order valence-electron chi connectivity index (χ4n) is 3.66. The Bertz CT molecular complexity index is 1040. The number of nitrogens with zero attached hydrogens (tertiary/aromatic N) is 3. The van der Waals surface area contributed by atoms with E-state index in [2.05, 4.69) is 20.5 Å². The molecular weight excluding hydrogens is 376 g/mol. The molecule has 0 unspecified atom stereocenters. The molecule has 1 saturated carbocycles. The molecule has 0 aliphatic heterocycles. The quantitative estimate of drug-likeness (QED) is 0.668. The van der Waals surface area contributed by atoms with Crippen molar-refractivity contribution in [1.29, 1.82) is 0 Å². The molecule has 2 heterocycles. The second kappa shape index (κ2) is 7.54. The van der Waals surface area contributed by atoms with E-state index >= 15 is 0 Å². The average Bonchev–Trinajstić information content (AvgIpc) is 2.71. The van der Waals surface area contributed by atoms with Crippen LogP contribution in [0.3, 0.4) is 0 Å². The van der Waals surface area contributed by atoms with Gasteiger partial charge < -0.3 is 11.1 Å². The van der Waals surface area contributed by atoms with Crippen LogP contribution < -0.4 is 11.1 Å². The number of pyridine rings is 1. The van der Waals surface area contributed by atoms with Gasteiger partial charge in [-0.2, -0.15) is 0 Å². The van der Waals surface area contributed by atoms with Crippen LogP contribution in [0.1, 0.15) is 28.9 Å². The summed E-state index contributed by atoms with van der Waals surface area (Å²) in [6, 6.07) is 13.1. The number of aromatic nitrogens is 3. The Balaban J connectivity index is 1.50. The van der Waals surface area contributed by atoms with E-state index in [9.17, 15) is 13.6 Å². The molecule has 1 aliphatic carbocycles. The molecule has 0 atom stereocenters. The number of carbonyl (C=O) groups is 1. The SMILES string of the molecule is NC(=O)c1cccc(-c2ccc(NCC3(c4ncccc4F)CC(F)C3)nn2)c1. The topological polar surface area (TPSA) is 93.8 Å². The molecule has 148 valence electrons. The van der Waals surface area contributed by atoms with E-state index in [0.717, 1.165) is 0 Å². The summed E-state index contributed by atoms with van der Waals surface area (Å²) in [6.45, 7) is 0.298. The maximum absolute atomic E-state index is 14.2. The standard InChI is InChI=1S/C21H19F2N5O/c22-15-10-21(11-15,19-16(23)5-2-8-25-19)12-26-18-7-6-17(27-28-18)13-3-1-4-14(9-13)20(24)29/h1-9,15H,10-12H2,(H2,24,29)(H,26,28). The molecule has 29 heavy (non-hydrogen) atoms. The number of rotatable bonds is 6. The number of alkyl halides is 1. The third-order valence-corrected chi connectivity index (χ3v) is 5.20. The smallest absolute Gasteiger partial charge is 0.248 e. The number of nitrogens with two attached hydrogens (primary N) is 1. The van der Waals surface area contributed by atoms with Gasteiger partial charge in [0.15, 0.2) is 0 Å². The highest BCUT2D eigenvalue weighted by Crippen LogP contribution is 2.45. The predicted molar refractivity (Wildman–Crippen MR) is 104 cm³/mol. The van der Waals surface area contributed by atoms with Crippen molar-refractivity contribution in [1.82, 2.24) is 15.2 Å². The van der Waals surface area contributed by atoms with E-state index in [4.69, 9.17) is 5.73 Å². The third kappa shape index (κ3) is 3.78. The summed E-state index contributed by atoms with van der Waals surface area (Å²) in [6.07, 6.45) is 0.961. The maximum atomic E-state index is 14.2. The van der Waals surface area contributed by atoms with Gasteiger partial charge in [0.2, 0.25) is 5.91 Å². The van der Waals surface area contributed by atoms with Gasteiger partial charge in [-0.05, 0) is 49.2 Å². The van der Waals surface area contributed by atoms with Gasteiger partial charge in [0, 0.05) is 29.3 Å². The molecule has 1 amide bonds. The van der Waals surface area contributed by atoms with E-state index in [1.54, 1.807) is 36.4 Å². The van der Waals surface area contributed by atoms with E-state index in [-0.39, 0.29) is 18.5 Å². The average molecular weight is 395 g/mol. The third-order valence-electron chi connectivity index (χ3n) is 5.20. The van der Waals surface area contributed by atoms with E-state index in [1.165, 1.54) is 18.3 Å². The zero-order chi connectivity index (χ0) is 20.4. The molecule has 0 spiro atoms. The molecule has 0 bridgehead atoms. The Morgan fingerprint density at radius 1 is 1.17 bits per heavy atom. The van der Waals surface area contributed by atoms with Crippen molar-refractivity contribution in [3.05, 3.63) is 71.8 Å². The number of anilines is 1. The number of amides is 1. The molecule has 0 radical (unpaired) electrons. The van der Waals surface area contributed by atoms with E-state index in [1.807, 2.05) is 0 Å². The van der Waals surface area contributed by atoms with Crippen molar-refractivity contribution in [2.24, 2.45) is 5.73 Å². The Hall–Kier alpha value is -3.42. The molecular formula is C21H19F2N5O. The predicted octanol–water partition coefficient (Wildman–Crippen LogP) is 3.26. The van der Waals surface area contributed by atoms with E-state index < -0.39 is 23.3 Å². The minimum absolute atomic E-state index is 0.208. The summed E-state index contributed by atoms with van der Waals surface area (Å²) >= 11 is 0. The van der Waals surface area contributed by atoms with Crippen molar-refractivity contribution in [2.75, 3.05) is 11.9 Å². The molecule has 0 saturated heterocycles. The second-order valence-corrected chi connectivity index (χ2v) is 7.22. The number of benzene rings is 1. The van der Waals surface area contributed by atoms with Crippen LogP contribution in [0.2, 0.25) is 0 Å². The van der Waals surface area contributed by atoms with Gasteiger partial charge in [-0.3, -0.25) is 9.78 Å². The molecule has 6 nitrogen and oxygen atoms in total. The second-order valence-electron chi connectivity index (χ2n) is 7.22. The van der Waals surface area contributed by atoms with Crippen molar-refractivity contribution in [3.63, 3.8) is 0 Å². The normalized spacial score (nSPS) is 20.7. The van der Waals surface area contributed by atoms with Crippen LogP contribution in [-0.4, -0.2) is 33.8 Å². The highest BCUT2D eigenvalue weighted by molar-refractivity contribution is 5.93. The summed E-state index contributed by atoms with van der Waals surface area (Å²) < 4.78 is 27.9. The lowest BCUT2D eigenvalue weighted by atomic mass is 9.65. The van der Waals surface area contributed by atoms with E-state index in [0.29, 0.717) is 29.2 Å². The highest BCUT2D eigenvalue weighted by atomic mass is 19.1. The lowest BCUT2D eigenvalue weighted by molar-refractivity contribution is 0.0963. The van der Waals surface area contributed by atoms with Gasteiger partial charge in [-0.15, -0.1) is 10.2 Å². The first-order valence-electron chi connectivity index (χ1n) is 9.20. The summed E-state index contributed by atoms with van der Waals surface area (Å²) in [5, 5.41) is 11.4. The van der Waals surface area contributed by atoms with Gasteiger partial charge in [0.25, 0.3) is 0 Å². The number of hydrogen-bond donors (Lipinski definition) is 2. The van der Waals surface area contributed by atoms with Gasteiger partial charge in [0.1, 0.15) is 17.8 Å². The van der Waals surface area contributed by atoms with Gasteiger partial charge in [0.05, 0.1) is 11.4 Å². The number of hydrogen-bond acceptors (Lipinski definition) is 5. The zero-order valence-electron chi connectivity index (χ0n) is 15.5. The van der Waals surface area contributed by atoms with Gasteiger partial charge in [-0.1, -0.05) is 12.1 Å². The van der Waals surface area contributed by atoms with Crippen molar-refractivity contribution < 1.29 is 13.6 Å². The van der Waals surface area contributed by atoms with Crippen molar-refractivity contribution in [2.45, 2.75) is 24.4 Å². The molecule has 1 aliphatic rings. The molecule has 1 aromatic carbocycles. The molecule has 1 fully saturated rings. The number of halogens is 2. The van der Waals surface area contributed by atoms with Gasteiger partial charge >= 0.3 is 0 Å². The van der Waals surface area contributed by atoms with Crippen LogP contribution in [0.15, 0.2) is 54.7 Å². The number of primary amides is 1. The Labute approximate surface area is 166 Å². The fourth-order valence-corrected chi connectivity index (χ4v) is 3.66. The lowest BCUT2D eigenvalue weighted by Gasteiger charge is -2.44. The van der Waals surface area contributed by atoms with Crippen LogP contribution in [0.25, 0.3) is 11.3 Å². The molecule has 4 rings (SSSR count). The monoisotopic (exact) mass is 395 g/mol. The zero-order valence-corrected chi connectivity index (χ0v) is 15.5. The Kier molecular flexibility index (Phi) is 4.92. The number of carbonyl (C=O) groups excluding carboxylic acids is 1. The summed E-state index contributed by atoms with van der Waals surface area (Å²) in [5.41, 5.74) is 6.55. The summed E-state index contributed by atoms with van der Waals surface area (Å²) in [7, 11) is 0. The number of nitrogens with one attached hydrogen (secondary N) is 1. The Morgan fingerprint density at radius 3 is 2.66 bits per heavy atom. The minimum atomic E-state index is -0.968. The van der Waals surface area contributed by atoms with Crippen LogP contribution in [0.4, 0.5) is 14.6 Å². The van der Waals surface area contributed by atoms with Crippen LogP contribution in [0.5, 0.6) is 0 Å². The first-order valence-corrected chi connectivity index (χ1v) is 9.20. The molecule has 3 aromatic rings. The van der Waals surface area contributed by atoms with Crippen molar-refractivity contribution in [3.8, 4) is 11.3 Å². The molecule has 3 N–H and O–H groups in total. The highest BCUT2D eigenvalue weighted by Gasteiger charge is 2.48. The van der Waals surface area contributed by atoms with Crippen LogP contribution in [-0.2, 0) is 5.41 Å². The van der Waals surface area contributed by atoms with Crippen molar-refractivity contribution >= 4 is 11.7 Å². The molecule has 8 heteroatoms. The lowest BCUT2D eigenvalue weighted by Crippen LogP contribution is -2.49. The largest absolute Gasteiger partial charge is 0.368 e. The first-order chi connectivity index (χ1) is 14.0. The molecule has 2 aromatic heterocycles. The van der Waals surface area contributed by atoms with Crippen LogP contribution in [0, 0.1) is 5.82 Å². The minimum Gasteiger partial charge on any atom is -0.368 e. The Morgan fingerprint density at radius 2 is 2.00 bits per heavy atom. The fraction of sp³-hybridized carbons (Fsp3) is 0.238. The summed E-state index contributed by atoms with van der Waals surface area (Å²) in [4.78, 5) is 15.5. The first kappa shape index (κ1) is 18.9. The maximum Gasteiger partial charge on any atom is 0.248 e. The summed E-state index contributed by atoms with van der Waals surface area (Å²) in [5.74, 6) is -0.466. The van der Waals surface area contributed by atoms with Gasteiger partial charge in [-0.25, -0.2) is 8.78 Å².